The lowest BCUT2D eigenvalue weighted by Gasteiger charge is -2.27. The SMILES string of the molecule is CNc1ncc2cc(-c3cccc(NC(=O)Nc4cc(C(C)(C)C)nn4-c4cccc(C#N)c4)c3)c(=O)n(C(C)(C)CO)c2n1. The Kier molecular flexibility index (Phi) is 8.14. The van der Waals surface area contributed by atoms with E-state index < -0.39 is 11.6 Å². The Morgan fingerprint density at radius 3 is 2.47 bits per heavy atom. The topological polar surface area (TPSA) is 163 Å². The number of anilines is 3. The molecule has 0 unspecified atom stereocenters. The second kappa shape index (κ2) is 11.9. The summed E-state index contributed by atoms with van der Waals surface area (Å²) in [6.45, 7) is 9.29. The molecule has 0 bridgehead atoms. The van der Waals surface area contributed by atoms with Gasteiger partial charge >= 0.3 is 6.03 Å². The molecule has 0 fully saturated rings. The summed E-state index contributed by atoms with van der Waals surface area (Å²) < 4.78 is 3.07. The van der Waals surface area contributed by atoms with Crippen LogP contribution in [0.3, 0.4) is 0 Å². The third kappa shape index (κ3) is 6.25. The predicted molar refractivity (Wildman–Crippen MR) is 175 cm³/mol. The van der Waals surface area contributed by atoms with Crippen LogP contribution >= 0.6 is 0 Å². The van der Waals surface area contributed by atoms with Gasteiger partial charge in [0.15, 0.2) is 0 Å². The highest BCUT2D eigenvalue weighted by atomic mass is 16.3. The van der Waals surface area contributed by atoms with E-state index in [2.05, 4.69) is 32.0 Å². The van der Waals surface area contributed by atoms with E-state index in [4.69, 9.17) is 5.10 Å². The van der Waals surface area contributed by atoms with Crippen LogP contribution in [0.15, 0.2) is 71.7 Å². The number of pyridine rings is 1. The Morgan fingerprint density at radius 1 is 1.02 bits per heavy atom. The van der Waals surface area contributed by atoms with E-state index in [0.717, 1.165) is 5.69 Å². The van der Waals surface area contributed by atoms with Crippen LogP contribution in [-0.4, -0.2) is 49.1 Å². The van der Waals surface area contributed by atoms with Crippen LogP contribution in [0.4, 0.5) is 22.2 Å². The van der Waals surface area contributed by atoms with Crippen molar-refractivity contribution in [1.82, 2.24) is 24.3 Å². The van der Waals surface area contributed by atoms with Crippen LogP contribution in [0.5, 0.6) is 0 Å². The van der Waals surface area contributed by atoms with Gasteiger partial charge in [-0.25, -0.2) is 14.5 Å². The number of aromatic nitrogens is 5. The molecule has 4 N–H and O–H groups in total. The number of benzene rings is 2. The molecule has 12 nitrogen and oxygen atoms in total. The highest BCUT2D eigenvalue weighted by Crippen LogP contribution is 2.28. The first-order valence-corrected chi connectivity index (χ1v) is 14.4. The second-order valence-corrected chi connectivity index (χ2v) is 12.3. The number of carbonyl (C=O) groups excluding carboxylic acids is 1. The maximum atomic E-state index is 13.9. The number of fused-ring (bicyclic) bond motifs is 1. The van der Waals surface area contributed by atoms with Crippen molar-refractivity contribution in [3.63, 3.8) is 0 Å². The summed E-state index contributed by atoms with van der Waals surface area (Å²) in [6.07, 6.45) is 1.62. The molecule has 2 amide bonds. The third-order valence-corrected chi connectivity index (χ3v) is 7.33. The first-order chi connectivity index (χ1) is 21.3. The molecule has 0 atom stereocenters. The Balaban J connectivity index is 1.49. The van der Waals surface area contributed by atoms with Gasteiger partial charge in [-0.2, -0.15) is 15.3 Å². The van der Waals surface area contributed by atoms with Gasteiger partial charge in [-0.15, -0.1) is 0 Å². The number of hydrogen-bond acceptors (Lipinski definition) is 8. The molecule has 0 saturated carbocycles. The minimum absolute atomic E-state index is 0.291. The largest absolute Gasteiger partial charge is 0.394 e. The van der Waals surface area contributed by atoms with Gasteiger partial charge in [-0.3, -0.25) is 14.7 Å². The Morgan fingerprint density at radius 2 is 1.78 bits per heavy atom. The van der Waals surface area contributed by atoms with Gasteiger partial charge in [0.05, 0.1) is 35.2 Å². The van der Waals surface area contributed by atoms with Crippen LogP contribution in [0.25, 0.3) is 27.8 Å². The fourth-order valence-corrected chi connectivity index (χ4v) is 4.84. The van der Waals surface area contributed by atoms with Crippen LogP contribution in [0.2, 0.25) is 0 Å². The quantitative estimate of drug-likeness (QED) is 0.196. The number of urea groups is 1. The number of nitrogens with one attached hydrogen (secondary N) is 3. The second-order valence-electron chi connectivity index (χ2n) is 12.3. The fraction of sp³-hybridized carbons (Fsp3) is 0.273. The van der Waals surface area contributed by atoms with Crippen LogP contribution < -0.4 is 21.5 Å². The molecule has 0 spiro atoms. The molecule has 45 heavy (non-hydrogen) atoms. The van der Waals surface area contributed by atoms with E-state index in [9.17, 15) is 20.0 Å². The smallest absolute Gasteiger partial charge is 0.324 e. The number of nitriles is 1. The van der Waals surface area contributed by atoms with Crippen molar-refractivity contribution >= 4 is 34.5 Å². The van der Waals surface area contributed by atoms with Crippen molar-refractivity contribution in [3.8, 4) is 22.9 Å². The van der Waals surface area contributed by atoms with Crippen LogP contribution in [0.1, 0.15) is 45.9 Å². The van der Waals surface area contributed by atoms with E-state index in [1.807, 2.05) is 26.8 Å². The molecule has 3 aromatic heterocycles. The zero-order valence-corrected chi connectivity index (χ0v) is 26.0. The first-order valence-electron chi connectivity index (χ1n) is 14.4. The molecule has 3 heterocycles. The minimum Gasteiger partial charge on any atom is -0.394 e. The molecule has 0 aliphatic heterocycles. The van der Waals surface area contributed by atoms with Gasteiger partial charge in [0.2, 0.25) is 5.95 Å². The molecule has 12 heteroatoms. The summed E-state index contributed by atoms with van der Waals surface area (Å²) in [5.74, 6) is 0.774. The van der Waals surface area contributed by atoms with Crippen molar-refractivity contribution in [3.05, 3.63) is 88.5 Å². The lowest BCUT2D eigenvalue weighted by atomic mass is 9.92. The number of nitrogens with zero attached hydrogens (tertiary/aromatic N) is 6. The summed E-state index contributed by atoms with van der Waals surface area (Å²) >= 11 is 0. The van der Waals surface area contributed by atoms with Crippen LogP contribution in [-0.2, 0) is 11.0 Å². The van der Waals surface area contributed by atoms with Crippen molar-refractivity contribution in [2.24, 2.45) is 0 Å². The lowest BCUT2D eigenvalue weighted by Crippen LogP contribution is -2.40. The molecule has 0 aliphatic carbocycles. The van der Waals surface area contributed by atoms with Gasteiger partial charge in [0.1, 0.15) is 11.5 Å². The van der Waals surface area contributed by atoms with Crippen molar-refractivity contribution < 1.29 is 9.90 Å². The average molecular weight is 606 g/mol. The summed E-state index contributed by atoms with van der Waals surface area (Å²) in [5.41, 5.74) is 2.03. The number of rotatable bonds is 7. The molecule has 2 aromatic carbocycles. The lowest BCUT2D eigenvalue weighted by molar-refractivity contribution is 0.164. The Hall–Kier alpha value is -5.54. The molecule has 0 saturated heterocycles. The summed E-state index contributed by atoms with van der Waals surface area (Å²) in [5, 5.41) is 33.5. The fourth-order valence-electron chi connectivity index (χ4n) is 4.84. The zero-order chi connectivity index (χ0) is 32.5. The molecule has 0 aliphatic rings. The number of aliphatic hydroxyl groups excluding tert-OH is 1. The predicted octanol–water partition coefficient (Wildman–Crippen LogP) is 5.23. The van der Waals surface area contributed by atoms with Gasteiger partial charge in [-0.1, -0.05) is 39.0 Å². The van der Waals surface area contributed by atoms with Gasteiger partial charge in [0, 0.05) is 41.4 Å². The molecular weight excluding hydrogens is 570 g/mol. The minimum atomic E-state index is -0.956. The van der Waals surface area contributed by atoms with Crippen molar-refractivity contribution in [1.29, 1.82) is 5.26 Å². The molecular formula is C33H35N9O3. The summed E-state index contributed by atoms with van der Waals surface area (Å²) in [7, 11) is 1.69. The first kappa shape index (κ1) is 30.9. The number of carbonyl (C=O) groups is 1. The number of amides is 2. The summed E-state index contributed by atoms with van der Waals surface area (Å²) in [6, 6.07) is 19.0. The standard InChI is InChI=1S/C33H35N9O3/c1-32(2,3)26-16-27(42(40-26)24-12-7-9-20(13-24)17-34)38-31(45)37-23-11-8-10-21(14-23)25-15-22-18-36-30(35-6)39-28(22)41(29(25)44)33(4,5)19-43/h7-16,18,43H,19H2,1-6H3,(H,35,36,39)(H2,37,38,45). The highest BCUT2D eigenvalue weighted by molar-refractivity contribution is 6.00. The number of aliphatic hydroxyl groups is 1. The average Bonchev–Trinajstić information content (AvgIpc) is 3.44. The molecule has 5 rings (SSSR count). The monoisotopic (exact) mass is 605 g/mol. The zero-order valence-electron chi connectivity index (χ0n) is 26.0. The number of hydrogen-bond donors (Lipinski definition) is 4. The van der Waals surface area contributed by atoms with Crippen molar-refractivity contribution in [2.45, 2.75) is 45.6 Å². The van der Waals surface area contributed by atoms with E-state index >= 15 is 0 Å². The van der Waals surface area contributed by atoms with E-state index in [1.165, 1.54) is 4.57 Å². The molecule has 5 aromatic rings. The third-order valence-electron chi connectivity index (χ3n) is 7.33. The summed E-state index contributed by atoms with van der Waals surface area (Å²) in [4.78, 5) is 36.0. The van der Waals surface area contributed by atoms with Gasteiger partial charge in [0.25, 0.3) is 5.56 Å². The van der Waals surface area contributed by atoms with E-state index in [0.29, 0.717) is 50.9 Å². The normalized spacial score (nSPS) is 11.7. The maximum absolute atomic E-state index is 13.9. The van der Waals surface area contributed by atoms with Crippen LogP contribution in [0, 0.1) is 11.3 Å². The van der Waals surface area contributed by atoms with Gasteiger partial charge in [-0.05, 0) is 55.8 Å². The molecule has 230 valence electrons. The Labute approximate surface area is 260 Å². The van der Waals surface area contributed by atoms with E-state index in [1.54, 1.807) is 86.4 Å². The van der Waals surface area contributed by atoms with Gasteiger partial charge < -0.3 is 15.7 Å². The van der Waals surface area contributed by atoms with Crippen molar-refractivity contribution in [2.75, 3.05) is 29.6 Å². The molecule has 0 radical (unpaired) electrons. The van der Waals surface area contributed by atoms with E-state index in [-0.39, 0.29) is 17.6 Å². The maximum Gasteiger partial charge on any atom is 0.324 e. The Bertz CT molecular complexity index is 2010. The highest BCUT2D eigenvalue weighted by Gasteiger charge is 2.26.